The molecule has 1 aromatic rings. The summed E-state index contributed by atoms with van der Waals surface area (Å²) in [5.41, 5.74) is 0.405. The predicted molar refractivity (Wildman–Crippen MR) is 68.6 cm³/mol. The third kappa shape index (κ3) is 2.79. The maximum absolute atomic E-state index is 11.1. The second-order valence-corrected chi connectivity index (χ2v) is 4.45. The summed E-state index contributed by atoms with van der Waals surface area (Å²) in [6.45, 7) is 7.84. The second kappa shape index (κ2) is 5.81. The van der Waals surface area contributed by atoms with Crippen LogP contribution < -0.4 is 5.32 Å². The zero-order valence-electron chi connectivity index (χ0n) is 11.2. The Morgan fingerprint density at radius 1 is 1.56 bits per heavy atom. The fourth-order valence-electron chi connectivity index (χ4n) is 1.68. The van der Waals surface area contributed by atoms with Gasteiger partial charge in [-0.25, -0.2) is 4.68 Å². The van der Waals surface area contributed by atoms with E-state index in [9.17, 15) is 10.1 Å². The molecule has 0 bridgehead atoms. The molecule has 1 rings (SSSR count). The Balaban J connectivity index is 3.09. The average Bonchev–Trinajstić information content (AvgIpc) is 2.64. The Kier molecular flexibility index (Phi) is 4.66. The summed E-state index contributed by atoms with van der Waals surface area (Å²) >= 11 is 0. The number of nitro groups is 1. The van der Waals surface area contributed by atoms with E-state index >= 15 is 0 Å². The average molecular weight is 256 g/mol. The monoisotopic (exact) mass is 256 g/mol. The second-order valence-electron chi connectivity index (χ2n) is 4.45. The number of hydrogen-bond donors (Lipinski definition) is 2. The van der Waals surface area contributed by atoms with Gasteiger partial charge in [0.1, 0.15) is 5.69 Å². The van der Waals surface area contributed by atoms with E-state index in [1.165, 1.54) is 0 Å². The van der Waals surface area contributed by atoms with Gasteiger partial charge in [0, 0.05) is 19.2 Å². The summed E-state index contributed by atoms with van der Waals surface area (Å²) < 4.78 is 1.58. The Morgan fingerprint density at radius 2 is 2.17 bits per heavy atom. The van der Waals surface area contributed by atoms with Crippen LogP contribution in [0.4, 0.5) is 11.5 Å². The van der Waals surface area contributed by atoms with Crippen LogP contribution in [-0.2, 0) is 6.54 Å². The summed E-state index contributed by atoms with van der Waals surface area (Å²) in [4.78, 5) is 10.6. The van der Waals surface area contributed by atoms with E-state index in [1.54, 1.807) is 11.6 Å². The highest BCUT2D eigenvalue weighted by Gasteiger charge is 2.26. The van der Waals surface area contributed by atoms with Crippen LogP contribution in [0, 0.1) is 23.0 Å². The van der Waals surface area contributed by atoms with E-state index < -0.39 is 4.92 Å². The molecule has 2 N–H and O–H groups in total. The molecule has 0 spiro atoms. The largest absolute Gasteiger partial charge is 0.396 e. The van der Waals surface area contributed by atoms with Crippen LogP contribution in [0.2, 0.25) is 0 Å². The number of nitrogens with one attached hydrogen (secondary N) is 1. The van der Waals surface area contributed by atoms with Crippen molar-refractivity contribution in [3.8, 4) is 0 Å². The van der Waals surface area contributed by atoms with Crippen molar-refractivity contribution in [1.82, 2.24) is 9.78 Å². The van der Waals surface area contributed by atoms with Crippen molar-refractivity contribution in [2.45, 2.75) is 40.3 Å². The zero-order valence-corrected chi connectivity index (χ0v) is 11.2. The van der Waals surface area contributed by atoms with Gasteiger partial charge in [0.2, 0.25) is 5.82 Å². The highest BCUT2D eigenvalue weighted by Crippen LogP contribution is 2.29. The number of anilines is 1. The van der Waals surface area contributed by atoms with Crippen molar-refractivity contribution in [2.24, 2.45) is 5.92 Å². The molecule has 0 saturated carbocycles. The molecule has 1 aromatic heterocycles. The van der Waals surface area contributed by atoms with Gasteiger partial charge in [-0.05, 0) is 26.7 Å². The number of rotatable bonds is 6. The van der Waals surface area contributed by atoms with Gasteiger partial charge in [-0.3, -0.25) is 10.1 Å². The first kappa shape index (κ1) is 14.4. The molecule has 0 aliphatic rings. The maximum Gasteiger partial charge on any atom is 0.333 e. The fourth-order valence-corrected chi connectivity index (χ4v) is 1.68. The van der Waals surface area contributed by atoms with Crippen LogP contribution in [0.1, 0.15) is 26.5 Å². The van der Waals surface area contributed by atoms with E-state index in [-0.39, 0.29) is 24.3 Å². The molecule has 7 nitrogen and oxygen atoms in total. The third-order valence-corrected chi connectivity index (χ3v) is 3.08. The normalized spacial score (nSPS) is 14.3. The van der Waals surface area contributed by atoms with Crippen molar-refractivity contribution in [2.75, 3.05) is 11.9 Å². The van der Waals surface area contributed by atoms with Gasteiger partial charge in [-0.2, -0.15) is 5.10 Å². The van der Waals surface area contributed by atoms with Gasteiger partial charge in [-0.1, -0.05) is 6.92 Å². The van der Waals surface area contributed by atoms with Crippen LogP contribution in [0.5, 0.6) is 0 Å². The molecule has 102 valence electrons. The molecule has 0 fully saturated rings. The van der Waals surface area contributed by atoms with Crippen molar-refractivity contribution < 1.29 is 10.0 Å². The van der Waals surface area contributed by atoms with Gasteiger partial charge in [0.15, 0.2) is 0 Å². The molecule has 2 unspecified atom stereocenters. The van der Waals surface area contributed by atoms with Crippen LogP contribution in [-0.4, -0.2) is 32.5 Å². The Hall–Kier alpha value is -1.63. The van der Waals surface area contributed by atoms with Crippen LogP contribution >= 0.6 is 0 Å². The molecule has 0 aromatic carbocycles. The predicted octanol–water partition coefficient (Wildman–Crippen LogP) is 1.55. The first-order chi connectivity index (χ1) is 8.42. The summed E-state index contributed by atoms with van der Waals surface area (Å²) in [5, 5.41) is 27.4. The van der Waals surface area contributed by atoms with Crippen molar-refractivity contribution >= 4 is 11.5 Å². The maximum atomic E-state index is 11.1. The molecular formula is C11H20N4O3. The number of hydrogen-bond acceptors (Lipinski definition) is 5. The van der Waals surface area contributed by atoms with E-state index in [2.05, 4.69) is 10.4 Å². The minimum absolute atomic E-state index is 0.00474. The van der Waals surface area contributed by atoms with Crippen molar-refractivity contribution in [3.63, 3.8) is 0 Å². The minimum Gasteiger partial charge on any atom is -0.396 e. The number of aromatic nitrogens is 2. The molecule has 0 aliphatic carbocycles. The number of nitrogens with zero attached hydrogens (tertiary/aromatic N) is 3. The molecular weight excluding hydrogens is 236 g/mol. The van der Waals surface area contributed by atoms with Gasteiger partial charge >= 0.3 is 5.69 Å². The van der Waals surface area contributed by atoms with Crippen LogP contribution in [0.3, 0.4) is 0 Å². The summed E-state index contributed by atoms with van der Waals surface area (Å²) in [5.74, 6) is 0.415. The molecule has 0 saturated heterocycles. The molecule has 2 atom stereocenters. The standard InChI is InChI=1S/C11H20N4O3/c1-5-14-11(12-8(3)7(2)6-16)10(15(17)18)9(4)13-14/h7-8,12,16H,5-6H2,1-4H3. The first-order valence-electron chi connectivity index (χ1n) is 6.01. The molecule has 0 aliphatic heterocycles. The lowest BCUT2D eigenvalue weighted by Crippen LogP contribution is -2.27. The molecule has 0 amide bonds. The minimum atomic E-state index is -0.423. The lowest BCUT2D eigenvalue weighted by Gasteiger charge is -2.20. The fraction of sp³-hybridized carbons (Fsp3) is 0.727. The van der Waals surface area contributed by atoms with Gasteiger partial charge in [0.25, 0.3) is 0 Å². The van der Waals surface area contributed by atoms with Crippen molar-refractivity contribution in [1.29, 1.82) is 0 Å². The van der Waals surface area contributed by atoms with E-state index in [0.29, 0.717) is 18.1 Å². The van der Waals surface area contributed by atoms with Gasteiger partial charge < -0.3 is 10.4 Å². The molecule has 18 heavy (non-hydrogen) atoms. The summed E-state index contributed by atoms with van der Waals surface area (Å²) in [7, 11) is 0. The highest BCUT2D eigenvalue weighted by atomic mass is 16.6. The Morgan fingerprint density at radius 3 is 2.61 bits per heavy atom. The molecule has 7 heteroatoms. The lowest BCUT2D eigenvalue weighted by atomic mass is 10.1. The highest BCUT2D eigenvalue weighted by molar-refractivity contribution is 5.60. The topological polar surface area (TPSA) is 93.2 Å². The lowest BCUT2D eigenvalue weighted by molar-refractivity contribution is -0.384. The third-order valence-electron chi connectivity index (χ3n) is 3.08. The van der Waals surface area contributed by atoms with Gasteiger partial charge in [0.05, 0.1) is 4.92 Å². The van der Waals surface area contributed by atoms with E-state index in [0.717, 1.165) is 0 Å². The first-order valence-corrected chi connectivity index (χ1v) is 6.01. The number of aryl methyl sites for hydroxylation is 2. The van der Waals surface area contributed by atoms with Crippen LogP contribution in [0.15, 0.2) is 0 Å². The zero-order chi connectivity index (χ0) is 13.9. The van der Waals surface area contributed by atoms with E-state index in [1.807, 2.05) is 20.8 Å². The molecule has 0 radical (unpaired) electrons. The van der Waals surface area contributed by atoms with Gasteiger partial charge in [-0.15, -0.1) is 0 Å². The quantitative estimate of drug-likeness (QED) is 0.595. The summed E-state index contributed by atoms with van der Waals surface area (Å²) in [6, 6.07) is -0.0740. The SMILES string of the molecule is CCn1nc(C)c([N+](=O)[O-])c1NC(C)C(C)CO. The van der Waals surface area contributed by atoms with Crippen molar-refractivity contribution in [3.05, 3.63) is 15.8 Å². The van der Waals surface area contributed by atoms with E-state index in [4.69, 9.17) is 5.11 Å². The number of aliphatic hydroxyl groups excluding tert-OH is 1. The summed E-state index contributed by atoms with van der Waals surface area (Å²) in [6.07, 6.45) is 0. The smallest absolute Gasteiger partial charge is 0.333 e. The Labute approximate surface area is 106 Å². The number of aliphatic hydroxyl groups is 1. The molecule has 1 heterocycles. The van der Waals surface area contributed by atoms with Crippen LogP contribution in [0.25, 0.3) is 0 Å². The Bertz CT molecular complexity index is 430.